The molecule has 0 saturated carbocycles. The number of hydrogen-bond donors (Lipinski definition) is 1. The molecule has 94 valence electrons. The number of benzene rings is 1. The van der Waals surface area contributed by atoms with Gasteiger partial charge in [0.1, 0.15) is 0 Å². The van der Waals surface area contributed by atoms with Crippen LogP contribution in [0.4, 0.5) is 0 Å². The molecule has 3 heteroatoms. The number of halogens is 1. The monoisotopic (exact) mass is 296 g/mol. The normalized spacial score (nSPS) is 22.9. The Labute approximate surface area is 113 Å². The zero-order valence-electron chi connectivity index (χ0n) is 10.6. The lowest BCUT2D eigenvalue weighted by atomic mass is 10.0. The van der Waals surface area contributed by atoms with Crippen LogP contribution in [0, 0.1) is 0 Å². The van der Waals surface area contributed by atoms with Gasteiger partial charge in [-0.2, -0.15) is 0 Å². The van der Waals surface area contributed by atoms with Crippen molar-refractivity contribution in [2.75, 3.05) is 20.1 Å². The van der Waals surface area contributed by atoms with Crippen molar-refractivity contribution in [2.24, 2.45) is 0 Å². The van der Waals surface area contributed by atoms with Crippen LogP contribution in [0.25, 0.3) is 0 Å². The van der Waals surface area contributed by atoms with Crippen LogP contribution in [-0.4, -0.2) is 31.1 Å². The Bertz CT molecular complexity index is 367. The summed E-state index contributed by atoms with van der Waals surface area (Å²) in [6.07, 6.45) is 2.44. The van der Waals surface area contributed by atoms with E-state index in [0.29, 0.717) is 12.1 Å². The molecule has 1 aliphatic heterocycles. The van der Waals surface area contributed by atoms with Gasteiger partial charge in [0.05, 0.1) is 0 Å². The number of nitrogens with zero attached hydrogens (tertiary/aromatic N) is 1. The van der Waals surface area contributed by atoms with Crippen LogP contribution in [0.3, 0.4) is 0 Å². The van der Waals surface area contributed by atoms with Gasteiger partial charge < -0.3 is 5.32 Å². The molecule has 2 nitrogen and oxygen atoms in total. The van der Waals surface area contributed by atoms with Crippen molar-refractivity contribution in [2.45, 2.75) is 31.8 Å². The quantitative estimate of drug-likeness (QED) is 0.918. The predicted octanol–water partition coefficient (Wildman–Crippen LogP) is 3.19. The van der Waals surface area contributed by atoms with Crippen LogP contribution in [-0.2, 0) is 0 Å². The minimum absolute atomic E-state index is 0.561. The first kappa shape index (κ1) is 13.1. The van der Waals surface area contributed by atoms with E-state index in [0.717, 1.165) is 0 Å². The summed E-state index contributed by atoms with van der Waals surface area (Å²) in [5.74, 6) is 0. The molecule has 0 aliphatic carbocycles. The van der Waals surface area contributed by atoms with Crippen LogP contribution in [0.2, 0.25) is 0 Å². The molecule has 2 rings (SSSR count). The number of nitrogens with one attached hydrogen (secondary N) is 1. The molecule has 0 aromatic heterocycles. The van der Waals surface area contributed by atoms with E-state index in [2.05, 4.69) is 64.4 Å². The van der Waals surface area contributed by atoms with Crippen molar-refractivity contribution in [3.8, 4) is 0 Å². The van der Waals surface area contributed by atoms with Crippen LogP contribution in [0.5, 0.6) is 0 Å². The number of rotatable bonds is 4. The zero-order chi connectivity index (χ0) is 12.3. The van der Waals surface area contributed by atoms with Gasteiger partial charge in [-0.05, 0) is 37.6 Å². The maximum Gasteiger partial charge on any atom is 0.0346 e. The molecular weight excluding hydrogens is 276 g/mol. The molecule has 17 heavy (non-hydrogen) atoms. The van der Waals surface area contributed by atoms with Crippen molar-refractivity contribution in [3.63, 3.8) is 0 Å². The summed E-state index contributed by atoms with van der Waals surface area (Å²) in [5.41, 5.74) is 1.43. The van der Waals surface area contributed by atoms with Gasteiger partial charge in [-0.1, -0.05) is 35.0 Å². The Morgan fingerprint density at radius 3 is 2.94 bits per heavy atom. The maximum atomic E-state index is 3.56. The van der Waals surface area contributed by atoms with Crippen molar-refractivity contribution in [3.05, 3.63) is 34.3 Å². The van der Waals surface area contributed by atoms with Crippen molar-refractivity contribution in [1.82, 2.24) is 10.2 Å². The smallest absolute Gasteiger partial charge is 0.0346 e. The summed E-state index contributed by atoms with van der Waals surface area (Å²) in [5, 5.41) is 3.38. The topological polar surface area (TPSA) is 15.3 Å². The first-order chi connectivity index (χ1) is 8.24. The average Bonchev–Trinajstić information content (AvgIpc) is 2.79. The molecule has 1 N–H and O–H groups in total. The number of likely N-dealkylation sites (tertiary alicyclic amines) is 1. The molecule has 1 saturated heterocycles. The molecule has 1 fully saturated rings. The third kappa shape index (κ3) is 3.09. The highest BCUT2D eigenvalue weighted by Crippen LogP contribution is 2.29. The fourth-order valence-corrected chi connectivity index (χ4v) is 3.14. The second-order valence-corrected chi connectivity index (χ2v) is 5.66. The summed E-state index contributed by atoms with van der Waals surface area (Å²) in [6.45, 7) is 4.65. The van der Waals surface area contributed by atoms with E-state index in [9.17, 15) is 0 Å². The van der Waals surface area contributed by atoms with Gasteiger partial charge in [0.15, 0.2) is 0 Å². The zero-order valence-corrected chi connectivity index (χ0v) is 12.2. The average molecular weight is 297 g/mol. The maximum absolute atomic E-state index is 3.56. The van der Waals surface area contributed by atoms with Crippen molar-refractivity contribution < 1.29 is 0 Å². The Hall–Kier alpha value is -0.380. The SMILES string of the molecule is CCC(c1cccc(Br)c1)N1CCC(NC)C1. The lowest BCUT2D eigenvalue weighted by molar-refractivity contribution is 0.234. The largest absolute Gasteiger partial charge is 0.316 e. The third-order valence-corrected chi connectivity index (χ3v) is 4.18. The summed E-state index contributed by atoms with van der Waals surface area (Å²) < 4.78 is 1.18. The highest BCUT2D eigenvalue weighted by atomic mass is 79.9. The Balaban J connectivity index is 2.11. The molecule has 1 aromatic rings. The molecule has 2 atom stereocenters. The summed E-state index contributed by atoms with van der Waals surface area (Å²) in [6, 6.07) is 9.94. The standard InChI is InChI=1S/C14H21BrN2/c1-3-14(11-5-4-6-12(15)9-11)17-8-7-13(10-17)16-2/h4-6,9,13-14,16H,3,7-8,10H2,1-2H3. The van der Waals surface area contributed by atoms with Crippen LogP contribution < -0.4 is 5.32 Å². The minimum Gasteiger partial charge on any atom is -0.316 e. The van der Waals surface area contributed by atoms with Crippen molar-refractivity contribution >= 4 is 15.9 Å². The Morgan fingerprint density at radius 2 is 2.35 bits per heavy atom. The lowest BCUT2D eigenvalue weighted by Crippen LogP contribution is -2.31. The summed E-state index contributed by atoms with van der Waals surface area (Å²) >= 11 is 3.56. The van der Waals surface area contributed by atoms with Gasteiger partial charge in [-0.3, -0.25) is 4.90 Å². The Morgan fingerprint density at radius 1 is 1.53 bits per heavy atom. The van der Waals surface area contributed by atoms with Gasteiger partial charge >= 0.3 is 0 Å². The summed E-state index contributed by atoms with van der Waals surface area (Å²) in [4.78, 5) is 2.60. The first-order valence-corrected chi connectivity index (χ1v) is 7.20. The van der Waals surface area contributed by atoms with Crippen LogP contribution in [0.15, 0.2) is 28.7 Å². The fourth-order valence-electron chi connectivity index (χ4n) is 2.72. The van der Waals surface area contributed by atoms with E-state index in [1.54, 1.807) is 0 Å². The molecule has 1 aromatic carbocycles. The van der Waals surface area contributed by atoms with E-state index in [-0.39, 0.29) is 0 Å². The van der Waals surface area contributed by atoms with Gasteiger partial charge in [-0.15, -0.1) is 0 Å². The number of hydrogen-bond acceptors (Lipinski definition) is 2. The fraction of sp³-hybridized carbons (Fsp3) is 0.571. The van der Waals surface area contributed by atoms with Crippen LogP contribution in [0.1, 0.15) is 31.4 Å². The number of likely N-dealkylation sites (N-methyl/N-ethyl adjacent to an activating group) is 1. The molecule has 0 bridgehead atoms. The van der Waals surface area contributed by atoms with E-state index in [4.69, 9.17) is 0 Å². The van der Waals surface area contributed by atoms with Gasteiger partial charge in [-0.25, -0.2) is 0 Å². The highest BCUT2D eigenvalue weighted by Gasteiger charge is 2.27. The molecule has 0 radical (unpaired) electrons. The predicted molar refractivity (Wildman–Crippen MR) is 76.2 cm³/mol. The Kier molecular flexibility index (Phi) is 4.60. The van der Waals surface area contributed by atoms with E-state index in [1.165, 1.54) is 36.0 Å². The first-order valence-electron chi connectivity index (χ1n) is 6.41. The summed E-state index contributed by atoms with van der Waals surface area (Å²) in [7, 11) is 2.06. The van der Waals surface area contributed by atoms with Crippen LogP contribution >= 0.6 is 15.9 Å². The van der Waals surface area contributed by atoms with Crippen molar-refractivity contribution in [1.29, 1.82) is 0 Å². The lowest BCUT2D eigenvalue weighted by Gasteiger charge is -2.27. The van der Waals surface area contributed by atoms with E-state index >= 15 is 0 Å². The van der Waals surface area contributed by atoms with Gasteiger partial charge in [0.2, 0.25) is 0 Å². The molecule has 0 amide bonds. The second kappa shape index (κ2) is 5.98. The molecule has 2 unspecified atom stereocenters. The molecular formula is C14H21BrN2. The van der Waals surface area contributed by atoms with Gasteiger partial charge in [0.25, 0.3) is 0 Å². The molecule has 1 aliphatic rings. The highest BCUT2D eigenvalue weighted by molar-refractivity contribution is 9.10. The molecule has 0 spiro atoms. The van der Waals surface area contributed by atoms with E-state index in [1.807, 2.05) is 0 Å². The third-order valence-electron chi connectivity index (χ3n) is 3.69. The second-order valence-electron chi connectivity index (χ2n) is 4.75. The van der Waals surface area contributed by atoms with Gasteiger partial charge in [0, 0.05) is 29.6 Å². The van der Waals surface area contributed by atoms with E-state index < -0.39 is 0 Å². The molecule has 1 heterocycles. The minimum atomic E-state index is 0.561.